The standard InChI is InChI=1S/C17H21FO4S/c1-11(10-23(20,21)15-6-4-14(18)5-7-15)17(19)22-16-9-12-2-3-13(16)8-12/h4-7,11-13,16H,2-3,8-10H2,1H3. The molecule has 2 saturated carbocycles. The molecule has 0 amide bonds. The fourth-order valence-electron chi connectivity index (χ4n) is 3.73. The second-order valence-corrected chi connectivity index (χ2v) is 8.82. The number of benzene rings is 1. The highest BCUT2D eigenvalue weighted by Gasteiger charge is 2.42. The first kappa shape index (κ1) is 16.4. The highest BCUT2D eigenvalue weighted by atomic mass is 32.2. The van der Waals surface area contributed by atoms with E-state index in [-0.39, 0.29) is 16.8 Å². The summed E-state index contributed by atoms with van der Waals surface area (Å²) in [7, 11) is -3.63. The van der Waals surface area contributed by atoms with Crippen molar-refractivity contribution in [3.63, 3.8) is 0 Å². The summed E-state index contributed by atoms with van der Waals surface area (Å²) in [5, 5.41) is 0. The average molecular weight is 340 g/mol. The van der Waals surface area contributed by atoms with Crippen LogP contribution in [0, 0.1) is 23.6 Å². The van der Waals surface area contributed by atoms with Crippen LogP contribution in [0.4, 0.5) is 4.39 Å². The maximum Gasteiger partial charge on any atom is 0.309 e. The Morgan fingerprint density at radius 1 is 1.26 bits per heavy atom. The van der Waals surface area contributed by atoms with E-state index in [9.17, 15) is 17.6 Å². The highest BCUT2D eigenvalue weighted by molar-refractivity contribution is 7.91. The monoisotopic (exact) mass is 340 g/mol. The number of sulfone groups is 1. The summed E-state index contributed by atoms with van der Waals surface area (Å²) in [5.41, 5.74) is 0. The van der Waals surface area contributed by atoms with Crippen molar-refractivity contribution < 1.29 is 22.3 Å². The molecule has 4 atom stereocenters. The summed E-state index contributed by atoms with van der Waals surface area (Å²) < 4.78 is 43.0. The zero-order chi connectivity index (χ0) is 16.6. The minimum atomic E-state index is -3.63. The van der Waals surface area contributed by atoms with Crippen molar-refractivity contribution >= 4 is 15.8 Å². The van der Waals surface area contributed by atoms with E-state index in [0.717, 1.165) is 31.4 Å². The largest absolute Gasteiger partial charge is 0.462 e. The number of hydrogen-bond acceptors (Lipinski definition) is 4. The lowest BCUT2D eigenvalue weighted by atomic mass is 9.97. The molecule has 0 aromatic heterocycles. The summed E-state index contributed by atoms with van der Waals surface area (Å²) in [6.45, 7) is 1.57. The maximum atomic E-state index is 12.9. The van der Waals surface area contributed by atoms with E-state index in [2.05, 4.69) is 0 Å². The quantitative estimate of drug-likeness (QED) is 0.611. The van der Waals surface area contributed by atoms with E-state index in [1.165, 1.54) is 18.6 Å². The van der Waals surface area contributed by atoms with Crippen LogP contribution in [0.3, 0.4) is 0 Å². The molecule has 3 rings (SSSR count). The molecule has 1 aromatic carbocycles. The molecule has 0 N–H and O–H groups in total. The van der Waals surface area contributed by atoms with Gasteiger partial charge in [-0.2, -0.15) is 0 Å². The molecule has 126 valence electrons. The van der Waals surface area contributed by atoms with Gasteiger partial charge in [-0.15, -0.1) is 0 Å². The molecule has 2 aliphatic rings. The summed E-state index contributed by atoms with van der Waals surface area (Å²) in [6.07, 6.45) is 4.31. The summed E-state index contributed by atoms with van der Waals surface area (Å²) in [4.78, 5) is 12.2. The van der Waals surface area contributed by atoms with Gasteiger partial charge >= 0.3 is 5.97 Å². The zero-order valence-electron chi connectivity index (χ0n) is 13.1. The van der Waals surface area contributed by atoms with Crippen LogP contribution in [0.2, 0.25) is 0 Å². The van der Waals surface area contributed by atoms with Gasteiger partial charge in [0.05, 0.1) is 16.6 Å². The Labute approximate surface area is 136 Å². The minimum Gasteiger partial charge on any atom is -0.462 e. The molecule has 4 unspecified atom stereocenters. The van der Waals surface area contributed by atoms with E-state index < -0.39 is 27.5 Å². The fourth-order valence-corrected chi connectivity index (χ4v) is 5.27. The molecule has 4 nitrogen and oxygen atoms in total. The molecular formula is C17H21FO4S. The Morgan fingerprint density at radius 3 is 2.52 bits per heavy atom. The normalized spacial score (nSPS) is 27.8. The maximum absolute atomic E-state index is 12.9. The lowest BCUT2D eigenvalue weighted by Gasteiger charge is -2.23. The Morgan fingerprint density at radius 2 is 1.96 bits per heavy atom. The van der Waals surface area contributed by atoms with Crippen molar-refractivity contribution in [1.29, 1.82) is 0 Å². The molecule has 0 saturated heterocycles. The third-order valence-electron chi connectivity index (χ3n) is 4.99. The van der Waals surface area contributed by atoms with Crippen LogP contribution in [-0.4, -0.2) is 26.2 Å². The Kier molecular flexibility index (Phi) is 4.45. The van der Waals surface area contributed by atoms with Gasteiger partial charge in [0.15, 0.2) is 9.84 Å². The van der Waals surface area contributed by atoms with E-state index in [1.807, 2.05) is 0 Å². The smallest absolute Gasteiger partial charge is 0.309 e. The van der Waals surface area contributed by atoms with Crippen LogP contribution in [0.1, 0.15) is 32.6 Å². The fraction of sp³-hybridized carbons (Fsp3) is 0.588. The van der Waals surface area contributed by atoms with Crippen molar-refractivity contribution in [1.82, 2.24) is 0 Å². The number of esters is 1. The van der Waals surface area contributed by atoms with E-state index in [0.29, 0.717) is 11.8 Å². The lowest BCUT2D eigenvalue weighted by molar-refractivity contribution is -0.155. The number of fused-ring (bicyclic) bond motifs is 2. The minimum absolute atomic E-state index is 0.0264. The molecule has 2 bridgehead atoms. The van der Waals surface area contributed by atoms with Gasteiger partial charge in [0, 0.05) is 0 Å². The summed E-state index contributed by atoms with van der Waals surface area (Å²) in [5.74, 6) is -0.885. The molecule has 0 heterocycles. The Balaban J connectivity index is 1.60. The van der Waals surface area contributed by atoms with Crippen molar-refractivity contribution in [3.8, 4) is 0 Å². The SMILES string of the molecule is CC(CS(=O)(=O)c1ccc(F)cc1)C(=O)OC1CC2CCC1C2. The summed E-state index contributed by atoms with van der Waals surface area (Å²) >= 11 is 0. The molecule has 23 heavy (non-hydrogen) atoms. The van der Waals surface area contributed by atoms with Crippen LogP contribution in [0.5, 0.6) is 0 Å². The van der Waals surface area contributed by atoms with E-state index in [4.69, 9.17) is 4.74 Å². The predicted octanol–water partition coefficient (Wildman–Crippen LogP) is 2.97. The van der Waals surface area contributed by atoms with Gasteiger partial charge in [0.1, 0.15) is 11.9 Å². The van der Waals surface area contributed by atoms with Crippen molar-refractivity contribution in [3.05, 3.63) is 30.1 Å². The molecule has 2 fully saturated rings. The third kappa shape index (κ3) is 3.57. The first-order chi connectivity index (χ1) is 10.8. The molecular weight excluding hydrogens is 319 g/mol. The average Bonchev–Trinajstić information content (AvgIpc) is 3.09. The number of carbonyl (C=O) groups excluding carboxylic acids is 1. The van der Waals surface area contributed by atoms with Gasteiger partial charge in [0.2, 0.25) is 0 Å². The van der Waals surface area contributed by atoms with Crippen LogP contribution in [-0.2, 0) is 19.4 Å². The second kappa shape index (κ2) is 6.23. The third-order valence-corrected chi connectivity index (χ3v) is 6.91. The second-order valence-electron chi connectivity index (χ2n) is 6.79. The zero-order valence-corrected chi connectivity index (χ0v) is 13.9. The van der Waals surface area contributed by atoms with Gasteiger partial charge in [-0.05, 0) is 61.8 Å². The van der Waals surface area contributed by atoms with Crippen molar-refractivity contribution in [2.75, 3.05) is 5.75 Å². The number of carbonyl (C=O) groups is 1. The molecule has 0 aliphatic heterocycles. The van der Waals surface area contributed by atoms with E-state index in [1.54, 1.807) is 6.92 Å². The number of hydrogen-bond donors (Lipinski definition) is 0. The summed E-state index contributed by atoms with van der Waals surface area (Å²) in [6, 6.07) is 4.65. The number of rotatable bonds is 5. The number of halogens is 1. The lowest BCUT2D eigenvalue weighted by Crippen LogP contribution is -2.30. The Hall–Kier alpha value is -1.43. The first-order valence-corrected chi connectivity index (χ1v) is 9.69. The van der Waals surface area contributed by atoms with Crippen LogP contribution >= 0.6 is 0 Å². The van der Waals surface area contributed by atoms with Gasteiger partial charge in [0.25, 0.3) is 0 Å². The highest BCUT2D eigenvalue weighted by Crippen LogP contribution is 2.46. The van der Waals surface area contributed by atoms with Crippen molar-refractivity contribution in [2.24, 2.45) is 17.8 Å². The predicted molar refractivity (Wildman–Crippen MR) is 82.9 cm³/mol. The van der Waals surface area contributed by atoms with Gasteiger partial charge in [-0.3, -0.25) is 4.79 Å². The number of ether oxygens (including phenoxy) is 1. The van der Waals surface area contributed by atoms with Crippen LogP contribution in [0.15, 0.2) is 29.2 Å². The van der Waals surface area contributed by atoms with Gasteiger partial charge < -0.3 is 4.74 Å². The van der Waals surface area contributed by atoms with Crippen molar-refractivity contribution in [2.45, 2.75) is 43.6 Å². The molecule has 6 heteroatoms. The van der Waals surface area contributed by atoms with Gasteiger partial charge in [-0.1, -0.05) is 6.92 Å². The topological polar surface area (TPSA) is 60.4 Å². The van der Waals surface area contributed by atoms with Gasteiger partial charge in [-0.25, -0.2) is 12.8 Å². The molecule has 0 radical (unpaired) electrons. The first-order valence-electron chi connectivity index (χ1n) is 8.04. The Bertz CT molecular complexity index is 683. The van der Waals surface area contributed by atoms with Crippen LogP contribution in [0.25, 0.3) is 0 Å². The molecule has 0 spiro atoms. The molecule has 1 aromatic rings. The van der Waals surface area contributed by atoms with Crippen LogP contribution < -0.4 is 0 Å². The van der Waals surface area contributed by atoms with E-state index >= 15 is 0 Å². The molecule has 2 aliphatic carbocycles.